The molecule has 5 aromatic rings. The molecule has 1 aliphatic rings. The number of carbonyl (C=O) groups excluding carboxylic acids is 1. The lowest BCUT2D eigenvalue weighted by Gasteiger charge is -2.21. The van der Waals surface area contributed by atoms with Crippen LogP contribution < -0.4 is 15.6 Å². The Morgan fingerprint density at radius 2 is 1.71 bits per heavy atom. The summed E-state index contributed by atoms with van der Waals surface area (Å²) in [6, 6.07) is 23.3. The highest BCUT2D eigenvalue weighted by Gasteiger charge is 2.47. The maximum Gasteiger partial charge on any atom is 0.274 e. The molecular weight excluding hydrogens is 525 g/mol. The minimum absolute atomic E-state index is 0.0600. The average Bonchev–Trinajstić information content (AvgIpc) is 3.55. The molecule has 1 fully saturated rings. The zero-order valence-corrected chi connectivity index (χ0v) is 21.5. The maximum absolute atomic E-state index is 13.4. The number of benzene rings is 3. The Morgan fingerprint density at radius 1 is 0.974 bits per heavy atom. The molecule has 0 aliphatic heterocycles. The molecule has 6 rings (SSSR count). The van der Waals surface area contributed by atoms with Gasteiger partial charge in [0.15, 0.2) is 5.82 Å². The molecule has 1 saturated carbocycles. The summed E-state index contributed by atoms with van der Waals surface area (Å²) >= 11 is 12.9. The molecule has 0 bridgehead atoms. The summed E-state index contributed by atoms with van der Waals surface area (Å²) in [5.41, 5.74) is 1.40. The third kappa shape index (κ3) is 4.53. The van der Waals surface area contributed by atoms with E-state index >= 15 is 0 Å². The summed E-state index contributed by atoms with van der Waals surface area (Å²) in [5.74, 6) is 0.647. The number of halogens is 2. The Hall–Kier alpha value is -4.14. The van der Waals surface area contributed by atoms with E-state index in [2.05, 4.69) is 20.4 Å². The molecule has 38 heavy (non-hydrogen) atoms. The number of nitrogens with zero attached hydrogens (tertiary/aromatic N) is 3. The molecule has 0 spiro atoms. The number of aromatic amines is 1. The normalized spacial score (nSPS) is 13.8. The fourth-order valence-corrected chi connectivity index (χ4v) is 5.01. The highest BCUT2D eigenvalue weighted by atomic mass is 35.5. The molecule has 2 N–H and O–H groups in total. The highest BCUT2D eigenvalue weighted by Crippen LogP contribution is 2.48. The number of aromatic nitrogens is 4. The van der Waals surface area contributed by atoms with Crippen molar-refractivity contribution in [2.45, 2.75) is 25.0 Å². The Labute approximate surface area is 227 Å². The van der Waals surface area contributed by atoms with Crippen LogP contribution in [0.1, 0.15) is 34.5 Å². The first kappa shape index (κ1) is 24.2. The molecule has 1 amide bonds. The Bertz CT molecular complexity index is 1730. The summed E-state index contributed by atoms with van der Waals surface area (Å²) in [5, 5.41) is 6.92. The number of H-pyrrole nitrogens is 1. The topological polar surface area (TPSA) is 101 Å². The predicted octanol–water partition coefficient (Wildman–Crippen LogP) is 5.39. The van der Waals surface area contributed by atoms with Crippen LogP contribution in [0.2, 0.25) is 10.0 Å². The first-order valence-electron chi connectivity index (χ1n) is 12.0. The van der Waals surface area contributed by atoms with Crippen molar-refractivity contribution in [1.29, 1.82) is 0 Å². The van der Waals surface area contributed by atoms with E-state index in [0.717, 1.165) is 24.0 Å². The molecule has 8 nitrogen and oxygen atoms in total. The number of fused-ring (bicyclic) bond motifs is 1. The number of hydrogen-bond donors (Lipinski definition) is 2. The van der Waals surface area contributed by atoms with E-state index in [9.17, 15) is 9.59 Å². The van der Waals surface area contributed by atoms with Crippen LogP contribution in [0.25, 0.3) is 17.2 Å². The molecule has 2 aromatic heterocycles. The molecule has 10 heteroatoms. The van der Waals surface area contributed by atoms with Crippen LogP contribution in [0.15, 0.2) is 83.7 Å². The zero-order valence-electron chi connectivity index (χ0n) is 19.9. The third-order valence-electron chi connectivity index (χ3n) is 6.50. The van der Waals surface area contributed by atoms with Crippen LogP contribution in [-0.2, 0) is 12.1 Å². The molecule has 190 valence electrons. The number of rotatable bonds is 7. The maximum atomic E-state index is 13.4. The van der Waals surface area contributed by atoms with Gasteiger partial charge in [-0.15, -0.1) is 0 Å². The van der Waals surface area contributed by atoms with Gasteiger partial charge in [0.1, 0.15) is 12.4 Å². The fraction of sp³-hybridized carbons (Fsp3) is 0.143. The van der Waals surface area contributed by atoms with Crippen molar-refractivity contribution in [3.05, 3.63) is 116 Å². The summed E-state index contributed by atoms with van der Waals surface area (Å²) in [6.07, 6.45) is 1.54. The summed E-state index contributed by atoms with van der Waals surface area (Å²) in [4.78, 5) is 35.0. The second kappa shape index (κ2) is 9.63. The van der Waals surface area contributed by atoms with Gasteiger partial charge in [-0.3, -0.25) is 14.7 Å². The van der Waals surface area contributed by atoms with E-state index in [1.54, 1.807) is 18.2 Å². The van der Waals surface area contributed by atoms with E-state index in [4.69, 9.17) is 27.9 Å². The molecule has 0 radical (unpaired) electrons. The minimum atomic E-state index is -0.538. The number of hydrogen-bond acceptors (Lipinski definition) is 5. The van der Waals surface area contributed by atoms with E-state index in [-0.39, 0.29) is 40.2 Å². The second-order valence-corrected chi connectivity index (χ2v) is 9.89. The van der Waals surface area contributed by atoms with Crippen LogP contribution in [-0.4, -0.2) is 25.5 Å². The second-order valence-electron chi connectivity index (χ2n) is 9.08. The molecule has 3 aromatic carbocycles. The summed E-state index contributed by atoms with van der Waals surface area (Å²) in [7, 11) is 0. The monoisotopic (exact) mass is 545 g/mol. The Balaban J connectivity index is 1.25. The molecular formula is C28H21Cl2N5O3. The predicted molar refractivity (Wildman–Crippen MR) is 145 cm³/mol. The van der Waals surface area contributed by atoms with Crippen molar-refractivity contribution in [2.75, 3.05) is 0 Å². The Kier molecular flexibility index (Phi) is 6.13. The van der Waals surface area contributed by atoms with Gasteiger partial charge in [0, 0.05) is 16.7 Å². The summed E-state index contributed by atoms with van der Waals surface area (Å²) < 4.78 is 7.24. The summed E-state index contributed by atoms with van der Waals surface area (Å²) in [6.45, 7) is -0.0600. The fourth-order valence-electron chi connectivity index (χ4n) is 4.44. The van der Waals surface area contributed by atoms with Crippen LogP contribution in [0.3, 0.4) is 0 Å². The van der Waals surface area contributed by atoms with E-state index in [1.807, 2.05) is 54.6 Å². The lowest BCUT2D eigenvalue weighted by Crippen LogP contribution is -2.35. The molecule has 0 unspecified atom stereocenters. The van der Waals surface area contributed by atoms with Crippen LogP contribution >= 0.6 is 23.2 Å². The molecule has 2 heterocycles. The van der Waals surface area contributed by atoms with Crippen molar-refractivity contribution in [3.8, 4) is 17.1 Å². The van der Waals surface area contributed by atoms with Gasteiger partial charge in [0.2, 0.25) is 0 Å². The first-order valence-corrected chi connectivity index (χ1v) is 12.7. The van der Waals surface area contributed by atoms with E-state index < -0.39 is 5.54 Å². The van der Waals surface area contributed by atoms with Gasteiger partial charge in [0.05, 0.1) is 21.8 Å². The largest absolute Gasteiger partial charge is 0.486 e. The van der Waals surface area contributed by atoms with Crippen molar-refractivity contribution >= 4 is 34.9 Å². The molecule has 0 atom stereocenters. The standard InChI is InChI=1S/C28H21Cl2N5O3/c29-20-10-5-4-9-19(20)28(13-14-28)33-26(37)24-21(30)11-6-12-22(24)38-16-18-15-23(36)35-27(31-18)32-25(34-35)17-7-2-1-3-8-17/h1-12,15H,13-14,16H2,(H,33,37)(H,31,32,34). The first-order chi connectivity index (χ1) is 18.4. The van der Waals surface area contributed by atoms with Gasteiger partial charge < -0.3 is 10.1 Å². The van der Waals surface area contributed by atoms with Crippen molar-refractivity contribution in [1.82, 2.24) is 24.9 Å². The van der Waals surface area contributed by atoms with Crippen LogP contribution in [0.5, 0.6) is 5.75 Å². The van der Waals surface area contributed by atoms with Crippen molar-refractivity contribution in [2.24, 2.45) is 0 Å². The lowest BCUT2D eigenvalue weighted by atomic mass is 10.0. The van der Waals surface area contributed by atoms with Gasteiger partial charge in [-0.1, -0.05) is 77.8 Å². The number of nitrogens with one attached hydrogen (secondary N) is 2. The van der Waals surface area contributed by atoms with Gasteiger partial charge in [-0.25, -0.2) is 4.98 Å². The van der Waals surface area contributed by atoms with Gasteiger partial charge in [0.25, 0.3) is 17.2 Å². The van der Waals surface area contributed by atoms with E-state index in [1.165, 1.54) is 10.6 Å². The molecule has 0 saturated heterocycles. The lowest BCUT2D eigenvalue weighted by molar-refractivity contribution is 0.0926. The van der Waals surface area contributed by atoms with Gasteiger partial charge in [-0.2, -0.15) is 9.50 Å². The quantitative estimate of drug-likeness (QED) is 0.285. The van der Waals surface area contributed by atoms with Crippen molar-refractivity contribution < 1.29 is 9.53 Å². The third-order valence-corrected chi connectivity index (χ3v) is 7.15. The minimum Gasteiger partial charge on any atom is -0.486 e. The SMILES string of the molecule is O=C(NC1(c2ccccc2Cl)CC1)c1c(Cl)cccc1OCc1cc(=O)n2[nH]c(-c3ccccc3)nc2n1. The Morgan fingerprint density at radius 3 is 2.47 bits per heavy atom. The van der Waals surface area contributed by atoms with Crippen LogP contribution in [0.4, 0.5) is 0 Å². The smallest absolute Gasteiger partial charge is 0.274 e. The van der Waals surface area contributed by atoms with Gasteiger partial charge in [-0.05, 0) is 36.6 Å². The molecule has 1 aliphatic carbocycles. The van der Waals surface area contributed by atoms with Gasteiger partial charge >= 0.3 is 0 Å². The zero-order chi connectivity index (χ0) is 26.3. The van der Waals surface area contributed by atoms with E-state index in [0.29, 0.717) is 16.5 Å². The van der Waals surface area contributed by atoms with Crippen molar-refractivity contribution in [3.63, 3.8) is 0 Å². The highest BCUT2D eigenvalue weighted by molar-refractivity contribution is 6.34. The van der Waals surface area contributed by atoms with Crippen LogP contribution in [0, 0.1) is 0 Å². The number of ether oxygens (including phenoxy) is 1. The number of amides is 1. The number of carbonyl (C=O) groups is 1. The average molecular weight is 546 g/mol.